The Morgan fingerprint density at radius 1 is 1.23 bits per heavy atom. The smallest absolute Gasteiger partial charge is 0.262 e. The van der Waals surface area contributed by atoms with Crippen LogP contribution in [0.1, 0.15) is 40.4 Å². The molecule has 0 saturated heterocycles. The molecule has 0 aliphatic rings. The fourth-order valence-corrected chi connectivity index (χ4v) is 4.62. The van der Waals surface area contributed by atoms with Gasteiger partial charge in [-0.3, -0.25) is 4.79 Å². The minimum absolute atomic E-state index is 0.166. The normalized spacial score (nSPS) is 12.2. The average Bonchev–Trinajstić information content (AvgIpc) is 3.39. The summed E-state index contributed by atoms with van der Waals surface area (Å²) in [5.41, 5.74) is 2.49. The van der Waals surface area contributed by atoms with Gasteiger partial charge in [0.1, 0.15) is 11.6 Å². The molecule has 4 rings (SSSR count). The zero-order valence-corrected chi connectivity index (χ0v) is 17.6. The van der Waals surface area contributed by atoms with Crippen LogP contribution in [-0.4, -0.2) is 23.0 Å². The Labute approximate surface area is 177 Å². The van der Waals surface area contributed by atoms with E-state index >= 15 is 0 Å². The maximum Gasteiger partial charge on any atom is 0.262 e. The molecule has 0 spiro atoms. The summed E-state index contributed by atoms with van der Waals surface area (Å²) >= 11 is 1.27. The number of aromatic amines is 1. The number of carbonyl (C=O) groups excluding carboxylic acids is 1. The van der Waals surface area contributed by atoms with Gasteiger partial charge in [0.15, 0.2) is 0 Å². The van der Waals surface area contributed by atoms with E-state index in [1.165, 1.54) is 24.5 Å². The number of H-pyrrole nitrogens is 1. The molecule has 2 N–H and O–H groups in total. The summed E-state index contributed by atoms with van der Waals surface area (Å²) < 4.78 is 20.4. The number of rotatable bonds is 7. The van der Waals surface area contributed by atoms with Gasteiger partial charge in [0.05, 0.1) is 29.4 Å². The van der Waals surface area contributed by atoms with Crippen molar-refractivity contribution in [1.82, 2.24) is 15.3 Å². The number of benzene rings is 2. The molecular weight excluding hydrogens is 401 g/mol. The van der Waals surface area contributed by atoms with Crippen LogP contribution in [0.15, 0.2) is 54.7 Å². The highest BCUT2D eigenvalue weighted by atomic mass is 32.1. The SMILES string of the molecule is CCC(NC(=O)c1sc2cccc(F)c2c1COC)c1ncc(-c2ccccc2)[nH]1. The number of imidazole rings is 1. The third-order valence-corrected chi connectivity index (χ3v) is 6.18. The number of amides is 1. The zero-order valence-electron chi connectivity index (χ0n) is 16.7. The second-order valence-corrected chi connectivity index (χ2v) is 7.99. The molecule has 0 aliphatic carbocycles. The first-order valence-electron chi connectivity index (χ1n) is 9.72. The summed E-state index contributed by atoms with van der Waals surface area (Å²) in [6.45, 7) is 2.15. The van der Waals surface area contributed by atoms with Crippen molar-refractivity contribution >= 4 is 27.3 Å². The molecule has 30 heavy (non-hydrogen) atoms. The monoisotopic (exact) mass is 423 g/mol. The minimum atomic E-state index is -0.347. The molecule has 0 fully saturated rings. The zero-order chi connectivity index (χ0) is 21.1. The highest BCUT2D eigenvalue weighted by molar-refractivity contribution is 7.21. The van der Waals surface area contributed by atoms with E-state index in [1.807, 2.05) is 43.3 Å². The number of carbonyl (C=O) groups is 1. The fraction of sp³-hybridized carbons (Fsp3) is 0.217. The number of nitrogens with zero attached hydrogens (tertiary/aromatic N) is 1. The standard InChI is InChI=1S/C23H22FN3O2S/c1-3-17(22-25-12-18(26-22)14-8-5-4-6-9-14)27-23(28)21-15(13-29-2)20-16(24)10-7-11-19(20)30-21/h4-12,17H,3,13H2,1-2H3,(H,25,26)(H,27,28). The van der Waals surface area contributed by atoms with Crippen LogP contribution >= 0.6 is 11.3 Å². The number of methoxy groups -OCH3 is 1. The Bertz CT molecular complexity index is 1170. The van der Waals surface area contributed by atoms with E-state index in [9.17, 15) is 9.18 Å². The van der Waals surface area contributed by atoms with Gasteiger partial charge in [-0.25, -0.2) is 9.37 Å². The van der Waals surface area contributed by atoms with E-state index in [1.54, 1.807) is 12.3 Å². The van der Waals surface area contributed by atoms with E-state index in [0.29, 0.717) is 28.1 Å². The summed E-state index contributed by atoms with van der Waals surface area (Å²) in [5.74, 6) is 0.0814. The first-order chi connectivity index (χ1) is 14.6. The molecule has 1 atom stereocenters. The second kappa shape index (κ2) is 8.77. The van der Waals surface area contributed by atoms with Crippen LogP contribution in [-0.2, 0) is 11.3 Å². The number of fused-ring (bicyclic) bond motifs is 1. The highest BCUT2D eigenvalue weighted by Crippen LogP contribution is 2.34. The minimum Gasteiger partial charge on any atom is -0.380 e. The molecule has 0 radical (unpaired) electrons. The van der Waals surface area contributed by atoms with Crippen LogP contribution in [0.4, 0.5) is 4.39 Å². The Balaban J connectivity index is 1.62. The van der Waals surface area contributed by atoms with E-state index in [2.05, 4.69) is 15.3 Å². The maximum atomic E-state index is 14.4. The van der Waals surface area contributed by atoms with Crippen molar-refractivity contribution in [3.63, 3.8) is 0 Å². The second-order valence-electron chi connectivity index (χ2n) is 6.94. The van der Waals surface area contributed by atoms with Crippen LogP contribution in [0.5, 0.6) is 0 Å². The number of aromatic nitrogens is 2. The van der Waals surface area contributed by atoms with Crippen molar-refractivity contribution < 1.29 is 13.9 Å². The number of thiophene rings is 1. The Morgan fingerprint density at radius 2 is 2.03 bits per heavy atom. The van der Waals surface area contributed by atoms with Crippen molar-refractivity contribution in [1.29, 1.82) is 0 Å². The van der Waals surface area contributed by atoms with Crippen LogP contribution in [0.2, 0.25) is 0 Å². The molecule has 2 aromatic carbocycles. The van der Waals surface area contributed by atoms with E-state index in [-0.39, 0.29) is 24.4 Å². The van der Waals surface area contributed by atoms with E-state index < -0.39 is 0 Å². The average molecular weight is 424 g/mol. The Morgan fingerprint density at radius 3 is 2.77 bits per heavy atom. The molecule has 0 aliphatic heterocycles. The van der Waals surface area contributed by atoms with Crippen LogP contribution in [0.3, 0.4) is 0 Å². The van der Waals surface area contributed by atoms with Gasteiger partial charge in [0.25, 0.3) is 5.91 Å². The van der Waals surface area contributed by atoms with Gasteiger partial charge in [-0.2, -0.15) is 0 Å². The molecule has 7 heteroatoms. The van der Waals surface area contributed by atoms with Crippen LogP contribution in [0.25, 0.3) is 21.3 Å². The summed E-state index contributed by atoms with van der Waals surface area (Å²) in [7, 11) is 1.54. The number of nitrogens with one attached hydrogen (secondary N) is 2. The molecular formula is C23H22FN3O2S. The van der Waals surface area contributed by atoms with Gasteiger partial charge in [-0.15, -0.1) is 11.3 Å². The van der Waals surface area contributed by atoms with E-state index in [4.69, 9.17) is 4.74 Å². The summed E-state index contributed by atoms with van der Waals surface area (Å²) in [6, 6.07) is 14.5. The molecule has 2 heterocycles. The quantitative estimate of drug-likeness (QED) is 0.415. The third-order valence-electron chi connectivity index (χ3n) is 4.98. The highest BCUT2D eigenvalue weighted by Gasteiger charge is 2.24. The molecule has 1 unspecified atom stereocenters. The Hall–Kier alpha value is -3.03. The molecule has 2 aromatic heterocycles. The number of hydrogen-bond donors (Lipinski definition) is 2. The molecule has 5 nitrogen and oxygen atoms in total. The summed E-state index contributed by atoms with van der Waals surface area (Å²) in [6.07, 6.45) is 2.43. The van der Waals surface area contributed by atoms with Crippen molar-refractivity contribution in [2.24, 2.45) is 0 Å². The van der Waals surface area contributed by atoms with Crippen molar-refractivity contribution in [3.8, 4) is 11.3 Å². The maximum absolute atomic E-state index is 14.4. The van der Waals surface area contributed by atoms with Crippen LogP contribution < -0.4 is 5.32 Å². The van der Waals surface area contributed by atoms with Gasteiger partial charge < -0.3 is 15.0 Å². The van der Waals surface area contributed by atoms with Crippen LogP contribution in [0, 0.1) is 5.82 Å². The number of halogens is 1. The number of ether oxygens (including phenoxy) is 1. The van der Waals surface area contributed by atoms with E-state index in [0.717, 1.165) is 16.0 Å². The summed E-state index contributed by atoms with van der Waals surface area (Å²) in [4.78, 5) is 21.4. The van der Waals surface area contributed by atoms with Crippen molar-refractivity contribution in [2.75, 3.05) is 7.11 Å². The van der Waals surface area contributed by atoms with Crippen molar-refractivity contribution in [2.45, 2.75) is 26.0 Å². The van der Waals surface area contributed by atoms with Gasteiger partial charge in [-0.05, 0) is 24.1 Å². The Kier molecular flexibility index (Phi) is 5.92. The lowest BCUT2D eigenvalue weighted by molar-refractivity contribution is 0.0934. The lowest BCUT2D eigenvalue weighted by Gasteiger charge is -2.15. The molecule has 154 valence electrons. The number of hydrogen-bond acceptors (Lipinski definition) is 4. The largest absolute Gasteiger partial charge is 0.380 e. The van der Waals surface area contributed by atoms with Gasteiger partial charge in [0, 0.05) is 22.8 Å². The molecule has 0 bridgehead atoms. The first-order valence-corrected chi connectivity index (χ1v) is 10.5. The molecule has 1 amide bonds. The summed E-state index contributed by atoms with van der Waals surface area (Å²) in [5, 5.41) is 3.49. The molecule has 4 aromatic rings. The lowest BCUT2D eigenvalue weighted by Crippen LogP contribution is -2.29. The predicted octanol–water partition coefficient (Wildman–Crippen LogP) is 5.46. The predicted molar refractivity (Wildman–Crippen MR) is 117 cm³/mol. The van der Waals surface area contributed by atoms with Crippen molar-refractivity contribution in [3.05, 3.63) is 76.8 Å². The third kappa shape index (κ3) is 3.86. The lowest BCUT2D eigenvalue weighted by atomic mass is 10.1. The topological polar surface area (TPSA) is 67.0 Å². The molecule has 0 saturated carbocycles. The van der Waals surface area contributed by atoms with Gasteiger partial charge in [-0.1, -0.05) is 43.3 Å². The van der Waals surface area contributed by atoms with Gasteiger partial charge >= 0.3 is 0 Å². The fourth-order valence-electron chi connectivity index (χ4n) is 3.50. The van der Waals surface area contributed by atoms with Gasteiger partial charge in [0.2, 0.25) is 0 Å². The first kappa shape index (κ1) is 20.3.